The summed E-state index contributed by atoms with van der Waals surface area (Å²) in [4.78, 5) is 18.5. The minimum Gasteiger partial charge on any atom is -0.496 e. The lowest BCUT2D eigenvalue weighted by Crippen LogP contribution is -2.43. The Morgan fingerprint density at radius 3 is 2.42 bits per heavy atom. The van der Waals surface area contributed by atoms with Crippen LogP contribution in [0.5, 0.6) is 17.2 Å². The summed E-state index contributed by atoms with van der Waals surface area (Å²) in [6.45, 7) is 3.07. The molecule has 0 bridgehead atoms. The lowest BCUT2D eigenvalue weighted by atomic mass is 10.0. The third kappa shape index (κ3) is 4.74. The van der Waals surface area contributed by atoms with Gasteiger partial charge < -0.3 is 29.2 Å². The molecule has 1 aromatic heterocycles. The Morgan fingerprint density at radius 2 is 1.79 bits per heavy atom. The van der Waals surface area contributed by atoms with Crippen LogP contribution in [0.3, 0.4) is 0 Å². The monoisotopic (exact) mass is 457 g/mol. The minimum atomic E-state index is -0.292. The number of hydrogen-bond donors (Lipinski definition) is 2. The van der Waals surface area contributed by atoms with Crippen molar-refractivity contribution in [3.05, 3.63) is 53.5 Å². The normalized spacial score (nSPS) is 15.3. The van der Waals surface area contributed by atoms with E-state index < -0.39 is 0 Å². The fourth-order valence-corrected chi connectivity index (χ4v) is 4.18. The average molecular weight is 458 g/mol. The van der Waals surface area contributed by atoms with Crippen molar-refractivity contribution >= 4 is 16.8 Å². The molecule has 2 N–H and O–H groups in total. The summed E-state index contributed by atoms with van der Waals surface area (Å²) in [5.74, 6) is 0.995. The topological polar surface area (TPSA) is 85.0 Å². The zero-order valence-electron chi connectivity index (χ0n) is 18.9. The number of rotatable bonds is 8. The zero-order chi connectivity index (χ0) is 23.4. The second-order valence-electron chi connectivity index (χ2n) is 7.71. The molecule has 0 aliphatic carbocycles. The first kappa shape index (κ1) is 22.9. The van der Waals surface area contributed by atoms with Crippen LogP contribution in [-0.2, 0) is 4.74 Å². The lowest BCUT2D eigenvalue weighted by Gasteiger charge is -2.34. The van der Waals surface area contributed by atoms with Gasteiger partial charge >= 0.3 is 0 Å². The van der Waals surface area contributed by atoms with Crippen LogP contribution in [0.25, 0.3) is 10.9 Å². The van der Waals surface area contributed by atoms with E-state index in [-0.39, 0.29) is 17.8 Å². The molecule has 1 fully saturated rings. The van der Waals surface area contributed by atoms with E-state index >= 15 is 0 Å². The van der Waals surface area contributed by atoms with Gasteiger partial charge in [0.2, 0.25) is 0 Å². The van der Waals surface area contributed by atoms with Gasteiger partial charge in [-0.1, -0.05) is 12.1 Å². The van der Waals surface area contributed by atoms with E-state index in [0.29, 0.717) is 53.6 Å². The molecule has 9 heteroatoms. The molecule has 33 heavy (non-hydrogen) atoms. The van der Waals surface area contributed by atoms with E-state index in [0.717, 1.165) is 18.7 Å². The first-order valence-electron chi connectivity index (χ1n) is 10.7. The molecule has 0 radical (unpaired) electrons. The summed E-state index contributed by atoms with van der Waals surface area (Å²) in [6.07, 6.45) is 0. The van der Waals surface area contributed by atoms with Gasteiger partial charge in [0.25, 0.3) is 5.91 Å². The third-order valence-corrected chi connectivity index (χ3v) is 5.88. The zero-order valence-corrected chi connectivity index (χ0v) is 18.9. The number of H-pyrrole nitrogens is 1. The predicted octanol–water partition coefficient (Wildman–Crippen LogP) is 3.14. The number of fused-ring (bicyclic) bond motifs is 1. The van der Waals surface area contributed by atoms with Crippen molar-refractivity contribution in [1.82, 2.24) is 15.2 Å². The fourth-order valence-electron chi connectivity index (χ4n) is 4.18. The molecular weight excluding hydrogens is 429 g/mol. The highest BCUT2D eigenvalue weighted by Crippen LogP contribution is 2.41. The Kier molecular flexibility index (Phi) is 7.00. The third-order valence-electron chi connectivity index (χ3n) is 5.88. The SMILES string of the molecule is COc1cc(OC)c2cc(C(=O)NCC(c3ccc(F)cc3)N3CCOCC3)[nH]c2c1OC. The number of nitrogens with one attached hydrogen (secondary N) is 2. The number of methoxy groups -OCH3 is 3. The second-order valence-corrected chi connectivity index (χ2v) is 7.71. The van der Waals surface area contributed by atoms with E-state index in [9.17, 15) is 9.18 Å². The molecule has 1 unspecified atom stereocenters. The molecule has 2 heterocycles. The Hall–Kier alpha value is -3.30. The number of nitrogens with zero attached hydrogens (tertiary/aromatic N) is 1. The quantitative estimate of drug-likeness (QED) is 0.541. The molecule has 8 nitrogen and oxygen atoms in total. The van der Waals surface area contributed by atoms with Crippen LogP contribution in [0.4, 0.5) is 4.39 Å². The molecule has 2 aromatic carbocycles. The Labute approximate surface area is 191 Å². The van der Waals surface area contributed by atoms with E-state index in [1.807, 2.05) is 0 Å². The summed E-state index contributed by atoms with van der Waals surface area (Å²) >= 11 is 0. The standard InChI is InChI=1S/C24H28FN3O5/c1-30-20-13-21(31-2)23(32-3)22-17(20)12-18(27-22)24(29)26-14-19(28-8-10-33-11-9-28)15-4-6-16(25)7-5-15/h4-7,12-13,19,27H,8-11,14H2,1-3H3,(H,26,29). The largest absolute Gasteiger partial charge is 0.496 e. The van der Waals surface area contributed by atoms with Gasteiger partial charge in [0.1, 0.15) is 17.3 Å². The summed E-state index contributed by atoms with van der Waals surface area (Å²) < 4.78 is 35.3. The van der Waals surface area contributed by atoms with Crippen LogP contribution >= 0.6 is 0 Å². The highest BCUT2D eigenvalue weighted by molar-refractivity contribution is 6.02. The molecule has 3 aromatic rings. The Bertz CT molecular complexity index is 1110. The van der Waals surface area contributed by atoms with Gasteiger partial charge in [-0.05, 0) is 23.8 Å². The van der Waals surface area contributed by atoms with Gasteiger partial charge in [0.15, 0.2) is 11.5 Å². The summed E-state index contributed by atoms with van der Waals surface area (Å²) in [6, 6.07) is 9.74. The summed E-state index contributed by atoms with van der Waals surface area (Å²) in [5, 5.41) is 3.73. The molecule has 1 aliphatic rings. The van der Waals surface area contributed by atoms with Crippen molar-refractivity contribution in [2.24, 2.45) is 0 Å². The smallest absolute Gasteiger partial charge is 0.267 e. The first-order chi connectivity index (χ1) is 16.0. The predicted molar refractivity (Wildman–Crippen MR) is 122 cm³/mol. The van der Waals surface area contributed by atoms with E-state index in [4.69, 9.17) is 18.9 Å². The van der Waals surface area contributed by atoms with Gasteiger partial charge in [-0.2, -0.15) is 0 Å². The van der Waals surface area contributed by atoms with Crippen LogP contribution in [-0.4, -0.2) is 70.0 Å². The van der Waals surface area contributed by atoms with Gasteiger partial charge in [-0.3, -0.25) is 9.69 Å². The fraction of sp³-hybridized carbons (Fsp3) is 0.375. The molecular formula is C24H28FN3O5. The molecule has 176 valence electrons. The van der Waals surface area contributed by atoms with E-state index in [2.05, 4.69) is 15.2 Å². The molecule has 1 atom stereocenters. The Morgan fingerprint density at radius 1 is 1.09 bits per heavy atom. The van der Waals surface area contributed by atoms with Crippen molar-refractivity contribution in [2.45, 2.75) is 6.04 Å². The average Bonchev–Trinajstić information content (AvgIpc) is 3.30. The van der Waals surface area contributed by atoms with Crippen LogP contribution in [0.1, 0.15) is 22.1 Å². The Balaban J connectivity index is 1.58. The van der Waals surface area contributed by atoms with Gasteiger partial charge in [0, 0.05) is 31.1 Å². The number of halogens is 1. The van der Waals surface area contributed by atoms with Crippen LogP contribution in [0.2, 0.25) is 0 Å². The van der Waals surface area contributed by atoms with Crippen LogP contribution in [0, 0.1) is 5.82 Å². The maximum atomic E-state index is 13.5. The highest BCUT2D eigenvalue weighted by Gasteiger charge is 2.25. The number of hydrogen-bond acceptors (Lipinski definition) is 6. The van der Waals surface area contributed by atoms with Gasteiger partial charge in [-0.15, -0.1) is 0 Å². The number of amides is 1. The number of aromatic nitrogens is 1. The summed E-state index contributed by atoms with van der Waals surface area (Å²) in [7, 11) is 4.64. The second kappa shape index (κ2) is 10.1. The minimum absolute atomic E-state index is 0.105. The maximum Gasteiger partial charge on any atom is 0.267 e. The molecule has 1 amide bonds. The van der Waals surface area contributed by atoms with Crippen molar-refractivity contribution < 1.29 is 28.1 Å². The first-order valence-corrected chi connectivity index (χ1v) is 10.7. The molecule has 1 saturated heterocycles. The molecule has 4 rings (SSSR count). The lowest BCUT2D eigenvalue weighted by molar-refractivity contribution is 0.0162. The van der Waals surface area contributed by atoms with Crippen molar-refractivity contribution in [3.63, 3.8) is 0 Å². The van der Waals surface area contributed by atoms with Gasteiger partial charge in [0.05, 0.1) is 46.1 Å². The maximum absolute atomic E-state index is 13.5. The number of carbonyl (C=O) groups excluding carboxylic acids is 1. The van der Waals surface area contributed by atoms with E-state index in [1.54, 1.807) is 45.6 Å². The van der Waals surface area contributed by atoms with Crippen LogP contribution in [0.15, 0.2) is 36.4 Å². The van der Waals surface area contributed by atoms with Crippen molar-refractivity contribution in [2.75, 3.05) is 54.2 Å². The number of carbonyl (C=O) groups is 1. The molecule has 1 aliphatic heterocycles. The molecule has 0 spiro atoms. The molecule has 0 saturated carbocycles. The number of aromatic amines is 1. The van der Waals surface area contributed by atoms with Crippen LogP contribution < -0.4 is 19.5 Å². The van der Waals surface area contributed by atoms with Crippen molar-refractivity contribution in [1.29, 1.82) is 0 Å². The van der Waals surface area contributed by atoms with Crippen molar-refractivity contribution in [3.8, 4) is 17.2 Å². The number of morpholine rings is 1. The summed E-state index contributed by atoms with van der Waals surface area (Å²) in [5.41, 5.74) is 1.92. The number of ether oxygens (including phenoxy) is 4. The van der Waals surface area contributed by atoms with E-state index in [1.165, 1.54) is 12.1 Å². The van der Waals surface area contributed by atoms with Gasteiger partial charge in [-0.25, -0.2) is 4.39 Å². The highest BCUT2D eigenvalue weighted by atomic mass is 19.1. The number of benzene rings is 2.